The number of hydrogen-bond acceptors (Lipinski definition) is 7. The number of carbonyl (C=O) groups excluding carboxylic acids is 3. The van der Waals surface area contributed by atoms with Crippen LogP contribution in [0, 0.1) is 0 Å². The molecule has 0 atom stereocenters. The molecule has 7 nitrogen and oxygen atoms in total. The molecule has 3 heterocycles. The van der Waals surface area contributed by atoms with Crippen molar-refractivity contribution in [2.45, 2.75) is 6.54 Å². The summed E-state index contributed by atoms with van der Waals surface area (Å²) in [6, 6.07) is 10.2. The molecule has 0 spiro atoms. The third-order valence-corrected chi connectivity index (χ3v) is 5.30. The Balaban J connectivity index is 1.48. The SMILES string of the molecule is O=C(Nc1nnc(CN2C(=O)c3ccccc3C2=O)s1)c1cccs1. The molecule has 1 aliphatic heterocycles. The maximum absolute atomic E-state index is 12.3. The Hall–Kier alpha value is -2.91. The monoisotopic (exact) mass is 370 g/mol. The summed E-state index contributed by atoms with van der Waals surface area (Å²) in [5.41, 5.74) is 0.784. The van der Waals surface area contributed by atoms with Gasteiger partial charge >= 0.3 is 0 Å². The van der Waals surface area contributed by atoms with Crippen LogP contribution in [0.15, 0.2) is 41.8 Å². The second-order valence-electron chi connectivity index (χ2n) is 5.17. The highest BCUT2D eigenvalue weighted by Crippen LogP contribution is 2.26. The smallest absolute Gasteiger partial charge is 0.267 e. The van der Waals surface area contributed by atoms with E-state index in [4.69, 9.17) is 0 Å². The Labute approximate surface area is 149 Å². The number of rotatable bonds is 4. The largest absolute Gasteiger partial charge is 0.296 e. The van der Waals surface area contributed by atoms with Gasteiger partial charge in [-0.2, -0.15) is 0 Å². The number of nitrogens with one attached hydrogen (secondary N) is 1. The lowest BCUT2D eigenvalue weighted by molar-refractivity contribution is 0.0641. The average Bonchev–Trinajstić information content (AvgIpc) is 3.34. The van der Waals surface area contributed by atoms with Gasteiger partial charge in [0.05, 0.1) is 22.5 Å². The molecule has 3 aromatic rings. The molecular weight excluding hydrogens is 360 g/mol. The number of nitrogens with zero attached hydrogens (tertiary/aromatic N) is 3. The van der Waals surface area contributed by atoms with Crippen molar-refractivity contribution in [1.82, 2.24) is 15.1 Å². The van der Waals surface area contributed by atoms with Gasteiger partial charge in [-0.25, -0.2) is 0 Å². The zero-order valence-electron chi connectivity index (χ0n) is 12.6. The van der Waals surface area contributed by atoms with Crippen molar-refractivity contribution in [3.63, 3.8) is 0 Å². The lowest BCUT2D eigenvalue weighted by atomic mass is 10.1. The van der Waals surface area contributed by atoms with Crippen LogP contribution in [-0.2, 0) is 6.54 Å². The van der Waals surface area contributed by atoms with Crippen molar-refractivity contribution in [2.24, 2.45) is 0 Å². The normalized spacial score (nSPS) is 13.2. The van der Waals surface area contributed by atoms with Gasteiger partial charge in [0.15, 0.2) is 0 Å². The Morgan fingerprint density at radius 1 is 1.04 bits per heavy atom. The van der Waals surface area contributed by atoms with Crippen LogP contribution in [0.25, 0.3) is 0 Å². The van der Waals surface area contributed by atoms with E-state index in [2.05, 4.69) is 15.5 Å². The minimum atomic E-state index is -0.347. The van der Waals surface area contributed by atoms with E-state index in [9.17, 15) is 14.4 Å². The van der Waals surface area contributed by atoms with E-state index >= 15 is 0 Å². The van der Waals surface area contributed by atoms with Crippen LogP contribution in [0.4, 0.5) is 5.13 Å². The molecule has 9 heteroatoms. The summed E-state index contributed by atoms with van der Waals surface area (Å²) < 4.78 is 0. The zero-order valence-corrected chi connectivity index (χ0v) is 14.3. The van der Waals surface area contributed by atoms with Gasteiger partial charge in [-0.1, -0.05) is 29.5 Å². The molecule has 0 unspecified atom stereocenters. The Kier molecular flexibility index (Phi) is 3.86. The summed E-state index contributed by atoms with van der Waals surface area (Å²) in [4.78, 5) is 38.4. The summed E-state index contributed by atoms with van der Waals surface area (Å²) in [5, 5.41) is 13.1. The minimum absolute atomic E-state index is 0.0267. The third kappa shape index (κ3) is 2.83. The molecule has 0 fully saturated rings. The Morgan fingerprint density at radius 3 is 2.40 bits per heavy atom. The number of anilines is 1. The van der Waals surface area contributed by atoms with Gasteiger partial charge in [-0.15, -0.1) is 21.5 Å². The molecule has 1 aromatic carbocycles. The van der Waals surface area contributed by atoms with Gasteiger partial charge in [0.25, 0.3) is 17.7 Å². The zero-order chi connectivity index (χ0) is 17.4. The molecule has 2 aromatic heterocycles. The predicted octanol–water partition coefficient (Wildman–Crippen LogP) is 2.65. The van der Waals surface area contributed by atoms with Crippen molar-refractivity contribution in [2.75, 3.05) is 5.32 Å². The molecule has 0 saturated carbocycles. The lowest BCUT2D eigenvalue weighted by Crippen LogP contribution is -2.29. The fourth-order valence-corrected chi connectivity index (χ4v) is 3.80. The molecular formula is C16H10N4O3S2. The number of benzene rings is 1. The lowest BCUT2D eigenvalue weighted by Gasteiger charge is -2.10. The topological polar surface area (TPSA) is 92.3 Å². The highest BCUT2D eigenvalue weighted by atomic mass is 32.1. The maximum Gasteiger partial charge on any atom is 0.267 e. The van der Waals surface area contributed by atoms with E-state index in [1.807, 2.05) is 5.38 Å². The van der Waals surface area contributed by atoms with Gasteiger partial charge in [-0.05, 0) is 23.6 Å². The van der Waals surface area contributed by atoms with Crippen LogP contribution in [0.5, 0.6) is 0 Å². The van der Waals surface area contributed by atoms with Crippen molar-refractivity contribution in [3.8, 4) is 0 Å². The van der Waals surface area contributed by atoms with Crippen LogP contribution >= 0.6 is 22.7 Å². The Bertz CT molecular complexity index is 946. The highest BCUT2D eigenvalue weighted by molar-refractivity contribution is 7.15. The summed E-state index contributed by atoms with van der Waals surface area (Å²) in [7, 11) is 0. The predicted molar refractivity (Wildman–Crippen MR) is 92.8 cm³/mol. The third-order valence-electron chi connectivity index (χ3n) is 3.60. The summed E-state index contributed by atoms with van der Waals surface area (Å²) in [6.45, 7) is 0.0267. The van der Waals surface area contributed by atoms with Crippen molar-refractivity contribution < 1.29 is 14.4 Å². The molecule has 1 N–H and O–H groups in total. The van der Waals surface area contributed by atoms with Crippen LogP contribution < -0.4 is 5.32 Å². The number of imide groups is 1. The minimum Gasteiger partial charge on any atom is -0.296 e. The van der Waals surface area contributed by atoms with Crippen LogP contribution in [0.3, 0.4) is 0 Å². The van der Waals surface area contributed by atoms with Crippen molar-refractivity contribution in [3.05, 3.63) is 62.8 Å². The average molecular weight is 370 g/mol. The summed E-state index contributed by atoms with van der Waals surface area (Å²) in [6.07, 6.45) is 0. The van der Waals surface area contributed by atoms with E-state index in [1.54, 1.807) is 36.4 Å². The first-order valence-electron chi connectivity index (χ1n) is 7.26. The number of fused-ring (bicyclic) bond motifs is 1. The van der Waals surface area contributed by atoms with Gasteiger partial charge in [0, 0.05) is 0 Å². The molecule has 0 bridgehead atoms. The molecule has 25 heavy (non-hydrogen) atoms. The van der Waals surface area contributed by atoms with Crippen LogP contribution in [-0.4, -0.2) is 32.8 Å². The number of thiophene rings is 1. The van der Waals surface area contributed by atoms with Gasteiger partial charge in [0.2, 0.25) is 5.13 Å². The van der Waals surface area contributed by atoms with Crippen LogP contribution in [0.2, 0.25) is 0 Å². The standard InChI is InChI=1S/C16H10N4O3S2/c21-13(11-6-3-7-24-11)17-16-19-18-12(25-16)8-20-14(22)9-4-1-2-5-10(9)15(20)23/h1-7H,8H2,(H,17,19,21). The highest BCUT2D eigenvalue weighted by Gasteiger charge is 2.35. The van der Waals surface area contributed by atoms with Gasteiger partial charge in [0.1, 0.15) is 5.01 Å². The fraction of sp³-hybridized carbons (Fsp3) is 0.0625. The quantitative estimate of drug-likeness (QED) is 0.713. The number of hydrogen-bond donors (Lipinski definition) is 1. The van der Waals surface area contributed by atoms with Gasteiger partial charge < -0.3 is 0 Å². The second-order valence-corrected chi connectivity index (χ2v) is 7.18. The number of amides is 3. The van der Waals surface area contributed by atoms with E-state index in [1.165, 1.54) is 11.3 Å². The summed E-state index contributed by atoms with van der Waals surface area (Å²) >= 11 is 2.46. The maximum atomic E-state index is 12.3. The first-order valence-corrected chi connectivity index (χ1v) is 8.95. The molecule has 0 aliphatic carbocycles. The molecule has 3 amide bonds. The van der Waals surface area contributed by atoms with Crippen molar-refractivity contribution in [1.29, 1.82) is 0 Å². The van der Waals surface area contributed by atoms with Crippen molar-refractivity contribution >= 4 is 45.5 Å². The fourth-order valence-electron chi connectivity index (χ4n) is 2.45. The first-order chi connectivity index (χ1) is 12.1. The molecule has 0 radical (unpaired) electrons. The van der Waals surface area contributed by atoms with Gasteiger partial charge in [-0.3, -0.25) is 24.6 Å². The number of aromatic nitrogens is 2. The molecule has 4 rings (SSSR count). The van der Waals surface area contributed by atoms with E-state index in [0.717, 1.165) is 16.2 Å². The summed E-state index contributed by atoms with van der Waals surface area (Å²) in [5.74, 6) is -0.960. The molecule has 0 saturated heterocycles. The number of carbonyl (C=O) groups is 3. The van der Waals surface area contributed by atoms with E-state index in [0.29, 0.717) is 26.1 Å². The molecule has 124 valence electrons. The van der Waals surface area contributed by atoms with E-state index < -0.39 is 0 Å². The first kappa shape index (κ1) is 15.6. The Morgan fingerprint density at radius 2 is 1.76 bits per heavy atom. The van der Waals surface area contributed by atoms with E-state index in [-0.39, 0.29) is 24.3 Å². The van der Waals surface area contributed by atoms with Crippen LogP contribution in [0.1, 0.15) is 35.4 Å². The molecule has 1 aliphatic rings. The second kappa shape index (κ2) is 6.19.